The van der Waals surface area contributed by atoms with Gasteiger partial charge in [-0.1, -0.05) is 30.3 Å². The topological polar surface area (TPSA) is 58.6 Å². The minimum absolute atomic E-state index is 0.0513. The quantitative estimate of drug-likeness (QED) is 0.786. The lowest BCUT2D eigenvalue weighted by molar-refractivity contribution is -0.130. The Bertz CT molecular complexity index is 399. The van der Waals surface area contributed by atoms with Crippen LogP contribution in [0.15, 0.2) is 30.3 Å². The molecule has 1 aliphatic heterocycles. The van der Waals surface area contributed by atoms with Crippen molar-refractivity contribution >= 4 is 5.91 Å². The third-order valence-corrected chi connectivity index (χ3v) is 3.73. The molecular weight excluding hydrogens is 242 g/mol. The van der Waals surface area contributed by atoms with Crippen molar-refractivity contribution in [1.82, 2.24) is 5.32 Å². The summed E-state index contributed by atoms with van der Waals surface area (Å²) in [6.45, 7) is 1.84. The lowest BCUT2D eigenvalue weighted by atomic mass is 9.73. The monoisotopic (exact) mass is 263 g/mol. The number of carbonyl (C=O) groups is 1. The molecule has 1 fully saturated rings. The number of hydrogen-bond donors (Lipinski definition) is 2. The second-order valence-electron chi connectivity index (χ2n) is 4.89. The molecular formula is C15H21NO3. The van der Waals surface area contributed by atoms with Crippen LogP contribution in [0.5, 0.6) is 0 Å². The van der Waals surface area contributed by atoms with Crippen LogP contribution < -0.4 is 5.32 Å². The first kappa shape index (κ1) is 14.0. The molecule has 1 aromatic carbocycles. The molecule has 1 heterocycles. The zero-order valence-corrected chi connectivity index (χ0v) is 11.1. The van der Waals surface area contributed by atoms with Gasteiger partial charge < -0.3 is 15.2 Å². The molecule has 1 saturated heterocycles. The summed E-state index contributed by atoms with van der Waals surface area (Å²) >= 11 is 0. The number of ether oxygens (including phenoxy) is 1. The summed E-state index contributed by atoms with van der Waals surface area (Å²) in [6, 6.07) is 9.91. The van der Waals surface area contributed by atoms with E-state index in [2.05, 4.69) is 5.32 Å². The number of rotatable bonds is 5. The number of carbonyl (C=O) groups excluding carboxylic acids is 1. The molecule has 0 aromatic heterocycles. The molecule has 19 heavy (non-hydrogen) atoms. The molecule has 2 N–H and O–H groups in total. The molecule has 1 aliphatic rings. The van der Waals surface area contributed by atoms with E-state index >= 15 is 0 Å². The highest BCUT2D eigenvalue weighted by Gasteiger charge is 2.41. The van der Waals surface area contributed by atoms with Crippen molar-refractivity contribution in [3.05, 3.63) is 35.9 Å². The summed E-state index contributed by atoms with van der Waals surface area (Å²) in [5.41, 5.74) is 0.578. The number of aliphatic hydroxyl groups is 1. The minimum Gasteiger partial charge on any atom is -0.396 e. The molecule has 0 saturated carbocycles. The van der Waals surface area contributed by atoms with Gasteiger partial charge in [0, 0.05) is 26.4 Å². The maximum absolute atomic E-state index is 12.5. The third kappa shape index (κ3) is 3.14. The third-order valence-electron chi connectivity index (χ3n) is 3.73. The first-order chi connectivity index (χ1) is 9.29. The predicted molar refractivity (Wildman–Crippen MR) is 72.9 cm³/mol. The van der Waals surface area contributed by atoms with E-state index < -0.39 is 5.41 Å². The van der Waals surface area contributed by atoms with Crippen molar-refractivity contribution in [2.45, 2.75) is 24.7 Å². The van der Waals surface area contributed by atoms with Gasteiger partial charge >= 0.3 is 0 Å². The largest absolute Gasteiger partial charge is 0.396 e. The number of nitrogens with one attached hydrogen (secondary N) is 1. The molecule has 4 heteroatoms. The molecule has 1 amide bonds. The van der Waals surface area contributed by atoms with Gasteiger partial charge in [-0.15, -0.1) is 0 Å². The Morgan fingerprint density at radius 2 is 1.95 bits per heavy atom. The van der Waals surface area contributed by atoms with E-state index in [0.717, 1.165) is 5.56 Å². The minimum atomic E-state index is -0.477. The smallest absolute Gasteiger partial charge is 0.230 e. The second kappa shape index (κ2) is 6.68. The van der Waals surface area contributed by atoms with Gasteiger partial charge in [0.2, 0.25) is 5.91 Å². The zero-order chi connectivity index (χ0) is 13.6. The van der Waals surface area contributed by atoms with Crippen LogP contribution in [0.2, 0.25) is 0 Å². The fourth-order valence-corrected chi connectivity index (χ4v) is 2.57. The van der Waals surface area contributed by atoms with Gasteiger partial charge in [-0.25, -0.2) is 0 Å². The Morgan fingerprint density at radius 3 is 2.58 bits per heavy atom. The van der Waals surface area contributed by atoms with Crippen molar-refractivity contribution in [2.24, 2.45) is 0 Å². The van der Waals surface area contributed by atoms with Crippen molar-refractivity contribution in [3.63, 3.8) is 0 Å². The Balaban J connectivity index is 2.17. The first-order valence-corrected chi connectivity index (χ1v) is 6.82. The van der Waals surface area contributed by atoms with Crippen LogP contribution in [-0.4, -0.2) is 37.4 Å². The van der Waals surface area contributed by atoms with Crippen LogP contribution in [-0.2, 0) is 14.9 Å². The summed E-state index contributed by atoms with van der Waals surface area (Å²) in [5.74, 6) is 0.0513. The predicted octanol–water partition coefficient (Wildman–Crippen LogP) is 1.23. The molecule has 0 aliphatic carbocycles. The standard InChI is InChI=1S/C15H21NO3/c17-10-4-9-16-14(18)15(7-11-19-12-8-15)13-5-2-1-3-6-13/h1-3,5-6,17H,4,7-12H2,(H,16,18). The molecule has 2 rings (SSSR count). The number of hydrogen-bond acceptors (Lipinski definition) is 3. The normalized spacial score (nSPS) is 17.9. The molecule has 0 unspecified atom stereocenters. The van der Waals surface area contributed by atoms with Gasteiger partial charge in [0.05, 0.1) is 5.41 Å². The summed E-state index contributed by atoms with van der Waals surface area (Å²) in [7, 11) is 0. The van der Waals surface area contributed by atoms with E-state index in [4.69, 9.17) is 9.84 Å². The van der Waals surface area contributed by atoms with E-state index in [-0.39, 0.29) is 12.5 Å². The van der Waals surface area contributed by atoms with Gasteiger partial charge in [0.15, 0.2) is 0 Å². The zero-order valence-electron chi connectivity index (χ0n) is 11.1. The molecule has 0 spiro atoms. The SMILES string of the molecule is O=C(NCCCO)C1(c2ccccc2)CCOCC1. The number of amides is 1. The van der Waals surface area contributed by atoms with Crippen LogP contribution in [0.4, 0.5) is 0 Å². The summed E-state index contributed by atoms with van der Waals surface area (Å²) < 4.78 is 5.40. The lowest BCUT2D eigenvalue weighted by Gasteiger charge is -2.36. The van der Waals surface area contributed by atoms with E-state index in [9.17, 15) is 4.79 Å². The van der Waals surface area contributed by atoms with E-state index in [1.165, 1.54) is 0 Å². The molecule has 104 valence electrons. The van der Waals surface area contributed by atoms with E-state index in [1.54, 1.807) is 0 Å². The number of aliphatic hydroxyl groups excluding tert-OH is 1. The lowest BCUT2D eigenvalue weighted by Crippen LogP contribution is -2.48. The Labute approximate surface area is 113 Å². The Kier molecular flexibility index (Phi) is 4.93. The van der Waals surface area contributed by atoms with Gasteiger partial charge in [0.25, 0.3) is 0 Å². The van der Waals surface area contributed by atoms with Gasteiger partial charge in [-0.3, -0.25) is 4.79 Å². The van der Waals surface area contributed by atoms with Gasteiger partial charge in [0.1, 0.15) is 0 Å². The van der Waals surface area contributed by atoms with Crippen LogP contribution in [0.1, 0.15) is 24.8 Å². The molecule has 0 atom stereocenters. The van der Waals surface area contributed by atoms with E-state index in [0.29, 0.717) is 39.0 Å². The highest BCUT2D eigenvalue weighted by molar-refractivity contribution is 5.88. The maximum atomic E-state index is 12.5. The highest BCUT2D eigenvalue weighted by atomic mass is 16.5. The maximum Gasteiger partial charge on any atom is 0.230 e. The van der Waals surface area contributed by atoms with E-state index in [1.807, 2.05) is 30.3 Å². The summed E-state index contributed by atoms with van der Waals surface area (Å²) in [4.78, 5) is 12.5. The summed E-state index contributed by atoms with van der Waals surface area (Å²) in [5, 5.41) is 11.7. The van der Waals surface area contributed by atoms with Crippen molar-refractivity contribution in [1.29, 1.82) is 0 Å². The van der Waals surface area contributed by atoms with Gasteiger partial charge in [-0.05, 0) is 24.8 Å². The van der Waals surface area contributed by atoms with Crippen LogP contribution in [0.3, 0.4) is 0 Å². The molecule has 0 radical (unpaired) electrons. The Morgan fingerprint density at radius 1 is 1.26 bits per heavy atom. The number of benzene rings is 1. The Hall–Kier alpha value is -1.39. The first-order valence-electron chi connectivity index (χ1n) is 6.82. The van der Waals surface area contributed by atoms with Crippen molar-refractivity contribution in [3.8, 4) is 0 Å². The molecule has 4 nitrogen and oxygen atoms in total. The highest BCUT2D eigenvalue weighted by Crippen LogP contribution is 2.35. The average molecular weight is 263 g/mol. The second-order valence-corrected chi connectivity index (χ2v) is 4.89. The van der Waals surface area contributed by atoms with Crippen molar-refractivity contribution in [2.75, 3.05) is 26.4 Å². The molecule has 1 aromatic rings. The van der Waals surface area contributed by atoms with Crippen LogP contribution in [0, 0.1) is 0 Å². The fraction of sp³-hybridized carbons (Fsp3) is 0.533. The van der Waals surface area contributed by atoms with Gasteiger partial charge in [-0.2, -0.15) is 0 Å². The van der Waals surface area contributed by atoms with Crippen LogP contribution >= 0.6 is 0 Å². The molecule has 0 bridgehead atoms. The van der Waals surface area contributed by atoms with Crippen molar-refractivity contribution < 1.29 is 14.6 Å². The summed E-state index contributed by atoms with van der Waals surface area (Å²) in [6.07, 6.45) is 2.01. The van der Waals surface area contributed by atoms with Crippen LogP contribution in [0.25, 0.3) is 0 Å². The average Bonchev–Trinajstić information content (AvgIpc) is 2.49. The fourth-order valence-electron chi connectivity index (χ4n) is 2.57.